The Kier molecular flexibility index (Phi) is 33.8. The second-order valence-electron chi connectivity index (χ2n) is 12.6. The zero-order valence-corrected chi connectivity index (χ0v) is 28.1. The lowest BCUT2D eigenvalue weighted by atomic mass is 10.0. The molecule has 0 aliphatic heterocycles. The fraction of sp³-hybridized carbons (Fsp3) is 0.973. The highest BCUT2D eigenvalue weighted by molar-refractivity contribution is 5.67. The Morgan fingerprint density at radius 2 is 0.600 bits per heavy atom. The summed E-state index contributed by atoms with van der Waals surface area (Å²) in [5.74, 6) is 0. The molecule has 0 saturated heterocycles. The molecular formula is C37H75NO2. The maximum absolute atomic E-state index is 12.4. The normalized spacial score (nSPS) is 11.3. The van der Waals surface area contributed by atoms with Crippen LogP contribution in [0.15, 0.2) is 0 Å². The molecule has 0 aliphatic rings. The molecule has 240 valence electrons. The highest BCUT2D eigenvalue weighted by Gasteiger charge is 2.13. The van der Waals surface area contributed by atoms with Gasteiger partial charge < -0.3 is 9.64 Å². The SMILES string of the molecule is CCCCCCCCCCCCCCCCCN(CCCCCCCCCCCCCCCCC)C(=O)OCC. The van der Waals surface area contributed by atoms with Crippen LogP contribution >= 0.6 is 0 Å². The summed E-state index contributed by atoms with van der Waals surface area (Å²) in [7, 11) is 0. The van der Waals surface area contributed by atoms with Gasteiger partial charge in [-0.25, -0.2) is 4.79 Å². The van der Waals surface area contributed by atoms with Gasteiger partial charge in [-0.3, -0.25) is 0 Å². The molecule has 0 rings (SSSR count). The number of carbonyl (C=O) groups is 1. The molecule has 0 aliphatic carbocycles. The number of ether oxygens (including phenoxy) is 1. The van der Waals surface area contributed by atoms with Crippen LogP contribution in [0.25, 0.3) is 0 Å². The van der Waals surface area contributed by atoms with E-state index in [4.69, 9.17) is 4.74 Å². The number of unbranched alkanes of at least 4 members (excludes halogenated alkanes) is 28. The number of carbonyl (C=O) groups excluding carboxylic acids is 1. The Morgan fingerprint density at radius 1 is 0.375 bits per heavy atom. The molecule has 0 bridgehead atoms. The Balaban J connectivity index is 3.59. The molecule has 0 saturated carbocycles. The van der Waals surface area contributed by atoms with Gasteiger partial charge in [0.2, 0.25) is 0 Å². The minimum absolute atomic E-state index is 0.0989. The van der Waals surface area contributed by atoms with E-state index in [1.54, 1.807) is 0 Å². The molecule has 3 nitrogen and oxygen atoms in total. The molecule has 0 fully saturated rings. The molecule has 0 unspecified atom stereocenters. The van der Waals surface area contributed by atoms with E-state index in [-0.39, 0.29) is 6.09 Å². The van der Waals surface area contributed by atoms with Crippen LogP contribution in [0.4, 0.5) is 4.79 Å². The van der Waals surface area contributed by atoms with Gasteiger partial charge in [0, 0.05) is 13.1 Å². The monoisotopic (exact) mass is 566 g/mol. The van der Waals surface area contributed by atoms with Gasteiger partial charge in [0.25, 0.3) is 0 Å². The average Bonchev–Trinajstić information content (AvgIpc) is 2.96. The van der Waals surface area contributed by atoms with E-state index < -0.39 is 0 Å². The van der Waals surface area contributed by atoms with Crippen LogP contribution in [-0.4, -0.2) is 30.7 Å². The molecule has 3 heteroatoms. The van der Waals surface area contributed by atoms with Crippen molar-refractivity contribution in [2.75, 3.05) is 19.7 Å². The predicted molar refractivity (Wildman–Crippen MR) is 178 cm³/mol. The first-order chi connectivity index (χ1) is 19.8. The Hall–Kier alpha value is -0.730. The van der Waals surface area contributed by atoms with E-state index in [1.807, 2.05) is 11.8 Å². The lowest BCUT2D eigenvalue weighted by Crippen LogP contribution is -2.33. The summed E-state index contributed by atoms with van der Waals surface area (Å²) in [5.41, 5.74) is 0. The number of rotatable bonds is 33. The third-order valence-corrected chi connectivity index (χ3v) is 8.59. The van der Waals surface area contributed by atoms with Crippen molar-refractivity contribution in [3.05, 3.63) is 0 Å². The van der Waals surface area contributed by atoms with Crippen LogP contribution in [0.1, 0.15) is 213 Å². The number of hydrogen-bond acceptors (Lipinski definition) is 2. The summed E-state index contributed by atoms with van der Waals surface area (Å²) in [6, 6.07) is 0. The number of nitrogens with zero attached hydrogens (tertiary/aromatic N) is 1. The summed E-state index contributed by atoms with van der Waals surface area (Å²) in [5, 5.41) is 0. The van der Waals surface area contributed by atoms with E-state index in [1.165, 1.54) is 180 Å². The van der Waals surface area contributed by atoms with Crippen molar-refractivity contribution in [1.82, 2.24) is 4.90 Å². The van der Waals surface area contributed by atoms with Crippen molar-refractivity contribution in [3.63, 3.8) is 0 Å². The molecule has 0 aromatic rings. The highest BCUT2D eigenvalue weighted by atomic mass is 16.6. The molecular weight excluding hydrogens is 490 g/mol. The van der Waals surface area contributed by atoms with Crippen LogP contribution < -0.4 is 0 Å². The van der Waals surface area contributed by atoms with E-state index in [0.717, 1.165) is 25.9 Å². The molecule has 1 amide bonds. The summed E-state index contributed by atoms with van der Waals surface area (Å²) >= 11 is 0. The van der Waals surface area contributed by atoms with Gasteiger partial charge in [0.15, 0.2) is 0 Å². The average molecular weight is 566 g/mol. The van der Waals surface area contributed by atoms with Crippen molar-refractivity contribution < 1.29 is 9.53 Å². The van der Waals surface area contributed by atoms with Crippen molar-refractivity contribution in [2.45, 2.75) is 213 Å². The minimum Gasteiger partial charge on any atom is -0.450 e. The molecule has 0 radical (unpaired) electrons. The summed E-state index contributed by atoms with van der Waals surface area (Å²) in [6.45, 7) is 8.72. The molecule has 0 aromatic heterocycles. The van der Waals surface area contributed by atoms with E-state index in [0.29, 0.717) is 6.61 Å². The van der Waals surface area contributed by atoms with Gasteiger partial charge in [0.1, 0.15) is 0 Å². The summed E-state index contributed by atoms with van der Waals surface area (Å²) in [4.78, 5) is 14.4. The Bertz CT molecular complexity index is 447. The van der Waals surface area contributed by atoms with Crippen molar-refractivity contribution >= 4 is 6.09 Å². The van der Waals surface area contributed by atoms with Gasteiger partial charge in [-0.2, -0.15) is 0 Å². The lowest BCUT2D eigenvalue weighted by Gasteiger charge is -2.22. The smallest absolute Gasteiger partial charge is 0.409 e. The Labute approximate surface area is 253 Å². The fourth-order valence-electron chi connectivity index (χ4n) is 5.86. The predicted octanol–water partition coefficient (Wildman–Crippen LogP) is 13.2. The number of amides is 1. The quantitative estimate of drug-likeness (QED) is 0.0740. The van der Waals surface area contributed by atoms with Crippen LogP contribution in [0.5, 0.6) is 0 Å². The van der Waals surface area contributed by atoms with Crippen LogP contribution in [0, 0.1) is 0 Å². The van der Waals surface area contributed by atoms with E-state index in [9.17, 15) is 4.79 Å². The van der Waals surface area contributed by atoms with Gasteiger partial charge >= 0.3 is 6.09 Å². The second-order valence-corrected chi connectivity index (χ2v) is 12.6. The topological polar surface area (TPSA) is 29.5 Å². The van der Waals surface area contributed by atoms with Gasteiger partial charge in [-0.15, -0.1) is 0 Å². The molecule has 0 aromatic carbocycles. The largest absolute Gasteiger partial charge is 0.450 e. The van der Waals surface area contributed by atoms with Crippen LogP contribution in [0.2, 0.25) is 0 Å². The zero-order valence-electron chi connectivity index (χ0n) is 28.1. The standard InChI is InChI=1S/C37H75NO2/c1-4-7-9-11-13-15-17-19-21-23-25-27-29-31-33-35-38(37(39)40-6-3)36-34-32-30-28-26-24-22-20-18-16-14-12-10-8-5-2/h4-36H2,1-3H3. The van der Waals surface area contributed by atoms with Crippen LogP contribution in [-0.2, 0) is 4.74 Å². The molecule has 0 N–H and O–H groups in total. The molecule has 40 heavy (non-hydrogen) atoms. The highest BCUT2D eigenvalue weighted by Crippen LogP contribution is 2.15. The maximum Gasteiger partial charge on any atom is 0.409 e. The maximum atomic E-state index is 12.4. The van der Waals surface area contributed by atoms with Gasteiger partial charge in [-0.05, 0) is 19.8 Å². The first-order valence-electron chi connectivity index (χ1n) is 18.7. The Morgan fingerprint density at radius 3 is 0.825 bits per heavy atom. The molecule has 0 heterocycles. The van der Waals surface area contributed by atoms with Crippen LogP contribution in [0.3, 0.4) is 0 Å². The molecule has 0 atom stereocenters. The van der Waals surface area contributed by atoms with Crippen molar-refractivity contribution in [2.24, 2.45) is 0 Å². The third kappa shape index (κ3) is 30.2. The summed E-state index contributed by atoms with van der Waals surface area (Å²) < 4.78 is 5.34. The first-order valence-corrected chi connectivity index (χ1v) is 18.7. The van der Waals surface area contributed by atoms with E-state index in [2.05, 4.69) is 13.8 Å². The fourth-order valence-corrected chi connectivity index (χ4v) is 5.86. The summed E-state index contributed by atoms with van der Waals surface area (Å²) in [6.07, 6.45) is 41.2. The van der Waals surface area contributed by atoms with Crippen molar-refractivity contribution in [3.8, 4) is 0 Å². The van der Waals surface area contributed by atoms with Gasteiger partial charge in [0.05, 0.1) is 6.61 Å². The van der Waals surface area contributed by atoms with Gasteiger partial charge in [-0.1, -0.05) is 194 Å². The first kappa shape index (κ1) is 39.3. The minimum atomic E-state index is -0.0989. The van der Waals surface area contributed by atoms with E-state index >= 15 is 0 Å². The molecule has 0 spiro atoms. The second kappa shape index (κ2) is 34.5. The zero-order chi connectivity index (χ0) is 29.2. The third-order valence-electron chi connectivity index (χ3n) is 8.59. The number of hydrogen-bond donors (Lipinski definition) is 0. The van der Waals surface area contributed by atoms with Crippen molar-refractivity contribution in [1.29, 1.82) is 0 Å². The lowest BCUT2D eigenvalue weighted by molar-refractivity contribution is 0.105.